The predicted molar refractivity (Wildman–Crippen MR) is 84.5 cm³/mol. The summed E-state index contributed by atoms with van der Waals surface area (Å²) in [6.07, 6.45) is 4.64. The molecule has 21 heavy (non-hydrogen) atoms. The first-order valence-corrected chi connectivity index (χ1v) is 7.61. The molecule has 3 N–H and O–H groups in total. The Balaban J connectivity index is 1.96. The van der Waals surface area contributed by atoms with E-state index in [1.807, 2.05) is 24.3 Å². The first kappa shape index (κ1) is 15.8. The number of hydrogen-bond acceptors (Lipinski definition) is 4. The van der Waals surface area contributed by atoms with Gasteiger partial charge in [0.2, 0.25) is 5.91 Å². The quantitative estimate of drug-likeness (QED) is 0.868. The van der Waals surface area contributed by atoms with E-state index in [0.717, 1.165) is 19.4 Å². The molecule has 1 aromatic rings. The standard InChI is InChI=1S/C16H25N3O2/c1-21-15-9-5-4-8-14(15)18-16(20)12-19-10-6-2-3-7-13(19)11-17/h4-5,8-9,13H,2-3,6-7,10-12,17H2,1H3,(H,18,20). The molecule has 5 nitrogen and oxygen atoms in total. The van der Waals surface area contributed by atoms with Gasteiger partial charge in [-0.2, -0.15) is 0 Å². The minimum atomic E-state index is -0.0140. The highest BCUT2D eigenvalue weighted by Crippen LogP contribution is 2.23. The Labute approximate surface area is 126 Å². The number of amides is 1. The minimum Gasteiger partial charge on any atom is -0.495 e. The van der Waals surface area contributed by atoms with Crippen molar-refractivity contribution in [3.05, 3.63) is 24.3 Å². The SMILES string of the molecule is COc1ccccc1NC(=O)CN1CCCCCC1CN. The Hall–Kier alpha value is -1.59. The summed E-state index contributed by atoms with van der Waals surface area (Å²) in [5, 5.41) is 2.93. The summed E-state index contributed by atoms with van der Waals surface area (Å²) in [6.45, 7) is 1.95. The minimum absolute atomic E-state index is 0.0140. The van der Waals surface area contributed by atoms with E-state index in [1.165, 1.54) is 12.8 Å². The zero-order valence-electron chi connectivity index (χ0n) is 12.7. The maximum Gasteiger partial charge on any atom is 0.238 e. The number of ether oxygens (including phenoxy) is 1. The van der Waals surface area contributed by atoms with Crippen LogP contribution in [-0.4, -0.2) is 43.6 Å². The van der Waals surface area contributed by atoms with Crippen molar-refractivity contribution in [2.45, 2.75) is 31.7 Å². The van der Waals surface area contributed by atoms with E-state index >= 15 is 0 Å². The fourth-order valence-corrected chi connectivity index (χ4v) is 2.83. The third-order valence-corrected chi connectivity index (χ3v) is 4.00. The molecule has 1 saturated heterocycles. The summed E-state index contributed by atoms with van der Waals surface area (Å²) < 4.78 is 5.25. The fraction of sp³-hybridized carbons (Fsp3) is 0.562. The Morgan fingerprint density at radius 2 is 2.19 bits per heavy atom. The van der Waals surface area contributed by atoms with Gasteiger partial charge in [-0.3, -0.25) is 9.69 Å². The number of anilines is 1. The number of carbonyl (C=O) groups is 1. The van der Waals surface area contributed by atoms with Crippen LogP contribution in [0.4, 0.5) is 5.69 Å². The normalized spacial score (nSPS) is 19.8. The number of likely N-dealkylation sites (tertiary alicyclic amines) is 1. The van der Waals surface area contributed by atoms with Gasteiger partial charge in [0.05, 0.1) is 19.3 Å². The van der Waals surface area contributed by atoms with E-state index < -0.39 is 0 Å². The van der Waals surface area contributed by atoms with Gasteiger partial charge in [0, 0.05) is 12.6 Å². The average Bonchev–Trinajstić information content (AvgIpc) is 2.72. The molecular weight excluding hydrogens is 266 g/mol. The van der Waals surface area contributed by atoms with Crippen molar-refractivity contribution >= 4 is 11.6 Å². The lowest BCUT2D eigenvalue weighted by Gasteiger charge is -2.28. The molecule has 1 heterocycles. The third kappa shape index (κ3) is 4.44. The summed E-state index contributed by atoms with van der Waals surface area (Å²) in [5.41, 5.74) is 6.56. The molecule has 1 aromatic carbocycles. The van der Waals surface area contributed by atoms with Gasteiger partial charge in [0.1, 0.15) is 5.75 Å². The first-order chi connectivity index (χ1) is 10.2. The maximum atomic E-state index is 12.3. The number of nitrogens with zero attached hydrogens (tertiary/aromatic N) is 1. The van der Waals surface area contributed by atoms with Crippen LogP contribution in [0.15, 0.2) is 24.3 Å². The highest BCUT2D eigenvalue weighted by molar-refractivity contribution is 5.93. The number of benzene rings is 1. The molecule has 1 aliphatic rings. The third-order valence-electron chi connectivity index (χ3n) is 4.00. The number of hydrogen-bond donors (Lipinski definition) is 2. The van der Waals surface area contributed by atoms with Crippen LogP contribution in [0.25, 0.3) is 0 Å². The van der Waals surface area contributed by atoms with Crippen LogP contribution in [0.3, 0.4) is 0 Å². The molecule has 1 aliphatic heterocycles. The van der Waals surface area contributed by atoms with Gasteiger partial charge in [0.25, 0.3) is 0 Å². The lowest BCUT2D eigenvalue weighted by molar-refractivity contribution is -0.117. The van der Waals surface area contributed by atoms with Gasteiger partial charge in [-0.1, -0.05) is 25.0 Å². The second kappa shape index (κ2) is 8.00. The van der Waals surface area contributed by atoms with Crippen molar-refractivity contribution in [1.29, 1.82) is 0 Å². The molecule has 0 saturated carbocycles. The molecule has 2 rings (SSSR count). The number of para-hydroxylation sites is 2. The molecule has 5 heteroatoms. The monoisotopic (exact) mass is 291 g/mol. The molecule has 0 aliphatic carbocycles. The smallest absolute Gasteiger partial charge is 0.238 e. The highest BCUT2D eigenvalue weighted by Gasteiger charge is 2.22. The summed E-state index contributed by atoms with van der Waals surface area (Å²) in [6, 6.07) is 7.76. The highest BCUT2D eigenvalue weighted by atomic mass is 16.5. The van der Waals surface area contributed by atoms with E-state index in [0.29, 0.717) is 30.6 Å². The molecule has 0 spiro atoms. The van der Waals surface area contributed by atoms with Crippen molar-refractivity contribution < 1.29 is 9.53 Å². The topological polar surface area (TPSA) is 67.6 Å². The predicted octanol–water partition coefficient (Wildman–Crippen LogP) is 1.84. The number of methoxy groups -OCH3 is 1. The second-order valence-corrected chi connectivity index (χ2v) is 5.46. The number of nitrogens with one attached hydrogen (secondary N) is 1. The average molecular weight is 291 g/mol. The number of rotatable bonds is 5. The van der Waals surface area contributed by atoms with Gasteiger partial charge >= 0.3 is 0 Å². The zero-order chi connectivity index (χ0) is 15.1. The molecule has 1 unspecified atom stereocenters. The van der Waals surface area contributed by atoms with Gasteiger partial charge < -0.3 is 15.8 Å². The largest absolute Gasteiger partial charge is 0.495 e. The summed E-state index contributed by atoms with van der Waals surface area (Å²) >= 11 is 0. The van der Waals surface area contributed by atoms with Crippen molar-refractivity contribution in [2.75, 3.05) is 32.1 Å². The number of nitrogens with two attached hydrogens (primary N) is 1. The lowest BCUT2D eigenvalue weighted by atomic mass is 10.1. The van der Waals surface area contributed by atoms with Gasteiger partial charge in [0.15, 0.2) is 0 Å². The number of carbonyl (C=O) groups excluding carboxylic acids is 1. The summed E-state index contributed by atoms with van der Waals surface area (Å²) in [7, 11) is 1.60. The molecule has 1 atom stereocenters. The van der Waals surface area contributed by atoms with Crippen LogP contribution in [0, 0.1) is 0 Å². The van der Waals surface area contributed by atoms with Crippen molar-refractivity contribution in [1.82, 2.24) is 4.90 Å². The molecule has 1 fully saturated rings. The van der Waals surface area contributed by atoms with Crippen molar-refractivity contribution in [2.24, 2.45) is 5.73 Å². The van der Waals surface area contributed by atoms with Crippen molar-refractivity contribution in [3.8, 4) is 5.75 Å². The van der Waals surface area contributed by atoms with Gasteiger partial charge in [-0.15, -0.1) is 0 Å². The van der Waals surface area contributed by atoms with Crippen LogP contribution in [-0.2, 0) is 4.79 Å². The van der Waals surface area contributed by atoms with Crippen LogP contribution >= 0.6 is 0 Å². The fourth-order valence-electron chi connectivity index (χ4n) is 2.83. The molecule has 116 valence electrons. The van der Waals surface area contributed by atoms with E-state index in [2.05, 4.69) is 10.2 Å². The first-order valence-electron chi connectivity index (χ1n) is 7.61. The van der Waals surface area contributed by atoms with Crippen LogP contribution in [0.1, 0.15) is 25.7 Å². The van der Waals surface area contributed by atoms with Crippen molar-refractivity contribution in [3.63, 3.8) is 0 Å². The summed E-state index contributed by atoms with van der Waals surface area (Å²) in [5.74, 6) is 0.664. The van der Waals surface area contributed by atoms with E-state index in [-0.39, 0.29) is 5.91 Å². The van der Waals surface area contributed by atoms with E-state index in [4.69, 9.17) is 10.5 Å². The molecule has 0 aromatic heterocycles. The Morgan fingerprint density at radius 3 is 2.95 bits per heavy atom. The van der Waals surface area contributed by atoms with Crippen LogP contribution in [0.5, 0.6) is 5.75 Å². The Kier molecular flexibility index (Phi) is 6.02. The van der Waals surface area contributed by atoms with Crippen LogP contribution in [0.2, 0.25) is 0 Å². The second-order valence-electron chi connectivity index (χ2n) is 5.46. The van der Waals surface area contributed by atoms with Crippen LogP contribution < -0.4 is 15.8 Å². The molecule has 0 bridgehead atoms. The lowest BCUT2D eigenvalue weighted by Crippen LogP contribution is -2.44. The van der Waals surface area contributed by atoms with E-state index in [1.54, 1.807) is 7.11 Å². The molecule has 1 amide bonds. The summed E-state index contributed by atoms with van der Waals surface area (Å²) in [4.78, 5) is 14.5. The zero-order valence-corrected chi connectivity index (χ0v) is 12.7. The Bertz CT molecular complexity index is 465. The maximum absolute atomic E-state index is 12.3. The molecule has 0 radical (unpaired) electrons. The Morgan fingerprint density at radius 1 is 1.38 bits per heavy atom. The van der Waals surface area contributed by atoms with Gasteiger partial charge in [-0.05, 0) is 31.5 Å². The van der Waals surface area contributed by atoms with Gasteiger partial charge in [-0.25, -0.2) is 0 Å². The molecular formula is C16H25N3O2. The van der Waals surface area contributed by atoms with E-state index in [9.17, 15) is 4.79 Å².